The second kappa shape index (κ2) is 11.1. The summed E-state index contributed by atoms with van der Waals surface area (Å²) < 4.78 is 16.5. The van der Waals surface area contributed by atoms with E-state index in [1.54, 1.807) is 0 Å². The predicted molar refractivity (Wildman–Crippen MR) is 113 cm³/mol. The van der Waals surface area contributed by atoms with Gasteiger partial charge < -0.3 is 19.1 Å². The van der Waals surface area contributed by atoms with Crippen LogP contribution in [0.4, 0.5) is 0 Å². The molecule has 0 radical (unpaired) electrons. The number of nitrogens with zero attached hydrogens (tertiary/aromatic N) is 1. The molecule has 0 N–H and O–H groups in total. The monoisotopic (exact) mass is 397 g/mol. The minimum atomic E-state index is -0.333. The number of likely N-dealkylation sites (tertiary alicyclic amines) is 1. The maximum Gasteiger partial charge on any atom is 0.331 e. The number of carbonyl (C=O) groups excluding carboxylic acids is 1. The maximum atomic E-state index is 11.1. The number of hydrogen-bond donors (Lipinski definition) is 0. The van der Waals surface area contributed by atoms with Crippen LogP contribution in [0.25, 0.3) is 0 Å². The zero-order valence-corrected chi connectivity index (χ0v) is 17.4. The number of piperidine rings is 1. The number of carbonyl (C=O) groups is 1. The zero-order valence-electron chi connectivity index (χ0n) is 17.4. The number of esters is 1. The minimum Gasteiger partial charge on any atom is -0.467 e. The molecule has 0 aromatic heterocycles. The number of ether oxygens (including phenoxy) is 3. The first-order chi connectivity index (χ1) is 14.2. The van der Waals surface area contributed by atoms with E-state index in [-0.39, 0.29) is 24.8 Å². The lowest BCUT2D eigenvalue weighted by Crippen LogP contribution is -2.39. The minimum absolute atomic E-state index is 0.0192. The predicted octanol–water partition coefficient (Wildman–Crippen LogP) is 3.76. The van der Waals surface area contributed by atoms with Crippen molar-refractivity contribution < 1.29 is 19.0 Å². The summed E-state index contributed by atoms with van der Waals surface area (Å²) in [6, 6.07) is 19.1. The van der Waals surface area contributed by atoms with Gasteiger partial charge in [-0.1, -0.05) is 60.2 Å². The van der Waals surface area contributed by atoms with Gasteiger partial charge in [0.1, 0.15) is 12.7 Å². The molecule has 0 bridgehead atoms. The molecule has 2 aromatic carbocycles. The van der Waals surface area contributed by atoms with Gasteiger partial charge >= 0.3 is 5.97 Å². The van der Waals surface area contributed by atoms with Crippen LogP contribution >= 0.6 is 0 Å². The molecule has 1 aliphatic rings. The quantitative estimate of drug-likeness (QED) is 0.476. The van der Waals surface area contributed by atoms with E-state index < -0.39 is 0 Å². The van der Waals surface area contributed by atoms with E-state index in [0.717, 1.165) is 32.5 Å². The summed E-state index contributed by atoms with van der Waals surface area (Å²) in [6.45, 7) is 5.43. The lowest BCUT2D eigenvalue weighted by Gasteiger charge is -2.34. The van der Waals surface area contributed by atoms with Crippen LogP contribution in [0, 0.1) is 6.92 Å². The Kier molecular flexibility index (Phi) is 8.23. The van der Waals surface area contributed by atoms with Gasteiger partial charge in [0.05, 0.1) is 19.8 Å². The van der Waals surface area contributed by atoms with Crippen LogP contribution in [-0.2, 0) is 19.0 Å². The van der Waals surface area contributed by atoms with E-state index in [4.69, 9.17) is 9.47 Å². The molecule has 0 amide bonds. The van der Waals surface area contributed by atoms with Crippen molar-refractivity contribution in [2.24, 2.45) is 0 Å². The van der Waals surface area contributed by atoms with Gasteiger partial charge in [0.15, 0.2) is 0 Å². The zero-order chi connectivity index (χ0) is 20.5. The average molecular weight is 398 g/mol. The number of methoxy groups -OCH3 is 1. The third-order valence-electron chi connectivity index (χ3n) is 5.34. The molecule has 1 fully saturated rings. The van der Waals surface area contributed by atoms with Crippen LogP contribution in [0.2, 0.25) is 0 Å². The van der Waals surface area contributed by atoms with Crippen molar-refractivity contribution in [1.82, 2.24) is 4.90 Å². The maximum absolute atomic E-state index is 11.1. The molecule has 1 aliphatic heterocycles. The molecular formula is C24H31NO4. The second-order valence-electron chi connectivity index (χ2n) is 7.51. The Morgan fingerprint density at radius 1 is 1.03 bits per heavy atom. The van der Waals surface area contributed by atoms with Crippen LogP contribution in [0.3, 0.4) is 0 Å². The summed E-state index contributed by atoms with van der Waals surface area (Å²) in [6.07, 6.45) is 2.17. The fraction of sp³-hybridized carbons (Fsp3) is 0.458. The Balaban J connectivity index is 1.52. The number of hydrogen-bond acceptors (Lipinski definition) is 5. The smallest absolute Gasteiger partial charge is 0.331 e. The first kappa shape index (κ1) is 21.5. The Hall–Kier alpha value is -2.21. The van der Waals surface area contributed by atoms with Gasteiger partial charge in [0.25, 0.3) is 0 Å². The first-order valence-electron chi connectivity index (χ1n) is 10.3. The fourth-order valence-corrected chi connectivity index (χ4v) is 3.59. The van der Waals surface area contributed by atoms with E-state index in [2.05, 4.69) is 65.1 Å². The molecular weight excluding hydrogens is 366 g/mol. The van der Waals surface area contributed by atoms with Crippen molar-refractivity contribution in [2.75, 3.05) is 40.0 Å². The Bertz CT molecular complexity index is 739. The van der Waals surface area contributed by atoms with E-state index in [0.29, 0.717) is 6.61 Å². The second-order valence-corrected chi connectivity index (χ2v) is 7.51. The highest BCUT2D eigenvalue weighted by molar-refractivity contribution is 5.70. The van der Waals surface area contributed by atoms with E-state index >= 15 is 0 Å². The number of benzene rings is 2. The molecule has 0 aliphatic carbocycles. The van der Waals surface area contributed by atoms with Crippen molar-refractivity contribution in [3.05, 3.63) is 71.3 Å². The molecule has 5 nitrogen and oxygen atoms in total. The highest BCUT2D eigenvalue weighted by Gasteiger charge is 2.24. The molecule has 3 rings (SSSR count). The Morgan fingerprint density at radius 3 is 2.34 bits per heavy atom. The van der Waals surface area contributed by atoms with Crippen molar-refractivity contribution in [3.8, 4) is 0 Å². The van der Waals surface area contributed by atoms with Gasteiger partial charge in [-0.25, -0.2) is 4.79 Å². The van der Waals surface area contributed by atoms with E-state index in [9.17, 15) is 4.79 Å². The Labute approximate surface area is 173 Å². The molecule has 1 heterocycles. The molecule has 2 aromatic rings. The van der Waals surface area contributed by atoms with E-state index in [1.165, 1.54) is 23.8 Å². The van der Waals surface area contributed by atoms with E-state index in [1.807, 2.05) is 6.07 Å². The van der Waals surface area contributed by atoms with Crippen LogP contribution < -0.4 is 0 Å². The van der Waals surface area contributed by atoms with Crippen molar-refractivity contribution in [3.63, 3.8) is 0 Å². The summed E-state index contributed by atoms with van der Waals surface area (Å²) in [7, 11) is 1.37. The van der Waals surface area contributed by atoms with Crippen LogP contribution in [0.1, 0.15) is 35.6 Å². The third kappa shape index (κ3) is 6.67. The number of aryl methyl sites for hydroxylation is 1. The molecule has 29 heavy (non-hydrogen) atoms. The topological polar surface area (TPSA) is 48.0 Å². The molecule has 1 saturated heterocycles. The van der Waals surface area contributed by atoms with Crippen LogP contribution in [0.5, 0.6) is 0 Å². The highest BCUT2D eigenvalue weighted by Crippen LogP contribution is 2.30. The number of rotatable bonds is 9. The molecule has 1 atom stereocenters. The third-order valence-corrected chi connectivity index (χ3v) is 5.34. The first-order valence-corrected chi connectivity index (χ1v) is 10.3. The fourth-order valence-electron chi connectivity index (χ4n) is 3.59. The molecule has 0 spiro atoms. The highest BCUT2D eigenvalue weighted by atomic mass is 16.6. The molecule has 5 heteroatoms. The summed E-state index contributed by atoms with van der Waals surface area (Å²) >= 11 is 0. The van der Waals surface area contributed by atoms with Crippen LogP contribution in [-0.4, -0.2) is 56.9 Å². The van der Waals surface area contributed by atoms with Gasteiger partial charge in [-0.05, 0) is 30.9 Å². The lowest BCUT2D eigenvalue weighted by molar-refractivity contribution is -0.146. The van der Waals surface area contributed by atoms with Crippen molar-refractivity contribution in [1.29, 1.82) is 0 Å². The van der Waals surface area contributed by atoms with Crippen molar-refractivity contribution in [2.45, 2.75) is 32.0 Å². The summed E-state index contributed by atoms with van der Waals surface area (Å²) in [5, 5.41) is 0. The molecule has 156 valence electrons. The molecule has 0 saturated carbocycles. The van der Waals surface area contributed by atoms with Gasteiger partial charge in [-0.2, -0.15) is 0 Å². The SMILES string of the molecule is COC(=O)COCCN1CCC(OC(c2ccccc2)c2ccc(C)cc2)CC1. The summed E-state index contributed by atoms with van der Waals surface area (Å²) in [5.74, 6) is -0.333. The normalized spacial score (nSPS) is 16.5. The largest absolute Gasteiger partial charge is 0.467 e. The van der Waals surface area contributed by atoms with Crippen molar-refractivity contribution >= 4 is 5.97 Å². The van der Waals surface area contributed by atoms with Gasteiger partial charge in [0, 0.05) is 19.6 Å². The van der Waals surface area contributed by atoms with Crippen LogP contribution in [0.15, 0.2) is 54.6 Å². The van der Waals surface area contributed by atoms with Gasteiger partial charge in [0.2, 0.25) is 0 Å². The summed E-state index contributed by atoms with van der Waals surface area (Å²) in [4.78, 5) is 13.4. The Morgan fingerprint density at radius 2 is 1.69 bits per heavy atom. The average Bonchev–Trinajstić information content (AvgIpc) is 2.77. The standard InChI is InChI=1S/C24H31NO4/c1-19-8-10-21(11-9-19)24(20-6-4-3-5-7-20)29-22-12-14-25(15-13-22)16-17-28-18-23(26)27-2/h3-11,22,24H,12-18H2,1-2H3. The van der Waals surface area contributed by atoms with Gasteiger partial charge in [-0.3, -0.25) is 0 Å². The molecule has 1 unspecified atom stereocenters. The summed E-state index contributed by atoms with van der Waals surface area (Å²) in [5.41, 5.74) is 3.64. The lowest BCUT2D eigenvalue weighted by atomic mass is 9.99. The van der Waals surface area contributed by atoms with Gasteiger partial charge in [-0.15, -0.1) is 0 Å².